The lowest BCUT2D eigenvalue weighted by molar-refractivity contribution is 0.669. The van der Waals surface area contributed by atoms with Crippen LogP contribution in [0.1, 0.15) is 0 Å². The maximum Gasteiger partial charge on any atom is 0.136 e. The van der Waals surface area contributed by atoms with Gasteiger partial charge in [0.15, 0.2) is 0 Å². The highest BCUT2D eigenvalue weighted by molar-refractivity contribution is 7.99. The van der Waals surface area contributed by atoms with Crippen LogP contribution in [-0.2, 0) is 0 Å². The molecular weight excluding hydrogens is 532 g/mol. The van der Waals surface area contributed by atoms with Crippen LogP contribution in [0.3, 0.4) is 0 Å². The van der Waals surface area contributed by atoms with Gasteiger partial charge in [0.05, 0.1) is 16.7 Å². The molecule has 0 bridgehead atoms. The molecule has 1 aliphatic heterocycles. The summed E-state index contributed by atoms with van der Waals surface area (Å²) in [6.07, 6.45) is 0. The first-order valence-corrected chi connectivity index (χ1v) is 15.0. The molecule has 0 amide bonds. The first-order valence-electron chi connectivity index (χ1n) is 14.2. The summed E-state index contributed by atoms with van der Waals surface area (Å²) in [5.41, 5.74) is 10.2. The molecule has 0 saturated heterocycles. The Bertz CT molecular complexity index is 2560. The molecule has 0 spiro atoms. The molecule has 4 heteroatoms. The minimum absolute atomic E-state index is 0.914. The number of hydrogen-bond donors (Lipinski definition) is 0. The van der Waals surface area contributed by atoms with Crippen molar-refractivity contribution in [2.24, 2.45) is 0 Å². The maximum atomic E-state index is 6.24. The molecule has 3 nitrogen and oxygen atoms in total. The average Bonchev–Trinajstić information content (AvgIpc) is 3.70. The van der Waals surface area contributed by atoms with Crippen molar-refractivity contribution in [3.8, 4) is 22.5 Å². The molecule has 3 aromatic heterocycles. The van der Waals surface area contributed by atoms with Crippen molar-refractivity contribution in [2.45, 2.75) is 9.79 Å². The van der Waals surface area contributed by atoms with Crippen molar-refractivity contribution >= 4 is 66.5 Å². The monoisotopic (exact) mass is 554 g/mol. The molecular formula is C38H22N2OS. The van der Waals surface area contributed by atoms with Gasteiger partial charge in [-0.25, -0.2) is 0 Å². The van der Waals surface area contributed by atoms with E-state index in [9.17, 15) is 0 Å². The van der Waals surface area contributed by atoms with E-state index in [0.29, 0.717) is 0 Å². The van der Waals surface area contributed by atoms with Crippen molar-refractivity contribution < 1.29 is 4.42 Å². The highest BCUT2D eigenvalue weighted by Crippen LogP contribution is 2.49. The number of hydrogen-bond acceptors (Lipinski definition) is 2. The number of aromatic nitrogens is 2. The van der Waals surface area contributed by atoms with Gasteiger partial charge in [0, 0.05) is 42.4 Å². The third kappa shape index (κ3) is 2.92. The van der Waals surface area contributed by atoms with Crippen LogP contribution in [0.2, 0.25) is 0 Å². The van der Waals surface area contributed by atoms with E-state index in [4.69, 9.17) is 4.42 Å². The van der Waals surface area contributed by atoms with Crippen LogP contribution in [0.15, 0.2) is 148 Å². The van der Waals surface area contributed by atoms with E-state index in [1.54, 1.807) is 0 Å². The highest BCUT2D eigenvalue weighted by Gasteiger charge is 2.27. The second kappa shape index (κ2) is 8.19. The van der Waals surface area contributed by atoms with Gasteiger partial charge in [0.2, 0.25) is 0 Å². The zero-order chi connectivity index (χ0) is 27.4. The molecule has 9 aromatic rings. The summed E-state index contributed by atoms with van der Waals surface area (Å²) in [6.45, 7) is 0. The smallest absolute Gasteiger partial charge is 0.136 e. The van der Waals surface area contributed by atoms with E-state index in [2.05, 4.69) is 130 Å². The largest absolute Gasteiger partial charge is 0.456 e. The van der Waals surface area contributed by atoms with E-state index in [-0.39, 0.29) is 0 Å². The molecule has 0 atom stereocenters. The van der Waals surface area contributed by atoms with Gasteiger partial charge >= 0.3 is 0 Å². The highest BCUT2D eigenvalue weighted by atomic mass is 32.2. The van der Waals surface area contributed by atoms with Gasteiger partial charge in [-0.2, -0.15) is 0 Å². The first-order chi connectivity index (χ1) is 20.8. The van der Waals surface area contributed by atoms with Gasteiger partial charge in [-0.15, -0.1) is 0 Å². The minimum Gasteiger partial charge on any atom is -0.456 e. The molecule has 0 N–H and O–H groups in total. The van der Waals surface area contributed by atoms with E-state index in [1.165, 1.54) is 48.3 Å². The van der Waals surface area contributed by atoms with E-state index < -0.39 is 0 Å². The van der Waals surface area contributed by atoms with Crippen molar-refractivity contribution in [3.05, 3.63) is 133 Å². The number of furan rings is 1. The molecule has 0 radical (unpaired) electrons. The van der Waals surface area contributed by atoms with Crippen molar-refractivity contribution in [3.63, 3.8) is 0 Å². The SMILES string of the molecule is c1cc(-c2ccc3c(c2)oc2ccccc23)cc(-n2c3ccccc3c3c4cccc5c4n(c32)-c2ccccc2S5)c1. The Hall–Kier alpha value is -5.19. The summed E-state index contributed by atoms with van der Waals surface area (Å²) in [5.74, 6) is 0. The Balaban J connectivity index is 1.27. The fourth-order valence-corrected chi connectivity index (χ4v) is 8.01. The van der Waals surface area contributed by atoms with Crippen LogP contribution in [-0.4, -0.2) is 9.13 Å². The van der Waals surface area contributed by atoms with E-state index >= 15 is 0 Å². The standard InChI is InChI=1S/C38H22N2OS/c1-3-14-30-28(12-1)36-29-13-8-18-35-37(29)40(31-15-4-6-17-34(31)42-35)38(36)39(30)25-10-7-9-23(21-25)24-19-20-27-26-11-2-5-16-32(26)41-33(27)22-24/h1-22H. The third-order valence-corrected chi connectivity index (χ3v) is 9.81. The predicted molar refractivity (Wildman–Crippen MR) is 174 cm³/mol. The number of benzene rings is 6. The molecule has 0 fully saturated rings. The second-order valence-corrected chi connectivity index (χ2v) is 12.1. The fraction of sp³-hybridized carbons (Fsp3) is 0. The molecule has 196 valence electrons. The van der Waals surface area contributed by atoms with Crippen LogP contribution in [0.25, 0.3) is 77.3 Å². The molecule has 42 heavy (non-hydrogen) atoms. The van der Waals surface area contributed by atoms with E-state index in [0.717, 1.165) is 38.8 Å². The molecule has 6 aromatic carbocycles. The lowest BCUT2D eigenvalue weighted by Gasteiger charge is -2.21. The zero-order valence-electron chi connectivity index (χ0n) is 22.4. The van der Waals surface area contributed by atoms with Crippen molar-refractivity contribution in [1.29, 1.82) is 0 Å². The van der Waals surface area contributed by atoms with Crippen LogP contribution in [0.5, 0.6) is 0 Å². The van der Waals surface area contributed by atoms with Gasteiger partial charge < -0.3 is 4.42 Å². The third-order valence-electron chi connectivity index (χ3n) is 8.70. The number of fused-ring (bicyclic) bond motifs is 10. The average molecular weight is 555 g/mol. The van der Waals surface area contributed by atoms with Crippen molar-refractivity contribution in [2.75, 3.05) is 0 Å². The first kappa shape index (κ1) is 22.5. The summed E-state index contributed by atoms with van der Waals surface area (Å²) >= 11 is 1.86. The Kier molecular flexibility index (Phi) is 4.38. The second-order valence-electron chi connectivity index (χ2n) is 11.0. The topological polar surface area (TPSA) is 23.0 Å². The minimum atomic E-state index is 0.914. The van der Waals surface area contributed by atoms with Crippen LogP contribution in [0, 0.1) is 0 Å². The molecule has 0 unspecified atom stereocenters. The fourth-order valence-electron chi connectivity index (χ4n) is 6.92. The molecule has 10 rings (SSSR count). The summed E-state index contributed by atoms with van der Waals surface area (Å²) in [5, 5.41) is 6.17. The Labute approximate surface area is 245 Å². The van der Waals surface area contributed by atoms with Crippen LogP contribution >= 0.6 is 11.8 Å². The van der Waals surface area contributed by atoms with Gasteiger partial charge in [0.25, 0.3) is 0 Å². The zero-order valence-corrected chi connectivity index (χ0v) is 23.2. The molecule has 0 aliphatic carbocycles. The van der Waals surface area contributed by atoms with Gasteiger partial charge in [-0.05, 0) is 65.7 Å². The predicted octanol–water partition coefficient (Wildman–Crippen LogP) is 10.8. The maximum absolute atomic E-state index is 6.24. The Morgan fingerprint density at radius 1 is 0.500 bits per heavy atom. The summed E-state index contributed by atoms with van der Waals surface area (Å²) in [4.78, 5) is 2.57. The van der Waals surface area contributed by atoms with Crippen LogP contribution in [0.4, 0.5) is 0 Å². The number of nitrogens with zero attached hydrogens (tertiary/aromatic N) is 2. The summed E-state index contributed by atoms with van der Waals surface area (Å²) in [7, 11) is 0. The Morgan fingerprint density at radius 2 is 1.24 bits per heavy atom. The van der Waals surface area contributed by atoms with E-state index in [1.807, 2.05) is 23.9 Å². The normalized spacial score (nSPS) is 12.7. The summed E-state index contributed by atoms with van der Waals surface area (Å²) < 4.78 is 11.2. The van der Waals surface area contributed by atoms with Crippen LogP contribution < -0.4 is 0 Å². The number of rotatable bonds is 2. The molecule has 4 heterocycles. The quantitative estimate of drug-likeness (QED) is 0.212. The number of para-hydroxylation sites is 4. The van der Waals surface area contributed by atoms with Gasteiger partial charge in [-0.1, -0.05) is 90.6 Å². The summed E-state index contributed by atoms with van der Waals surface area (Å²) in [6, 6.07) is 48.0. The lowest BCUT2D eigenvalue weighted by atomic mass is 10.0. The lowest BCUT2D eigenvalue weighted by Crippen LogP contribution is -2.05. The molecule has 0 saturated carbocycles. The van der Waals surface area contributed by atoms with Crippen molar-refractivity contribution in [1.82, 2.24) is 9.13 Å². The van der Waals surface area contributed by atoms with Gasteiger partial charge in [0.1, 0.15) is 16.8 Å². The molecule has 1 aliphatic rings. The Morgan fingerprint density at radius 3 is 2.21 bits per heavy atom. The van der Waals surface area contributed by atoms with Gasteiger partial charge in [-0.3, -0.25) is 9.13 Å².